The second kappa shape index (κ2) is 11.7. The molecule has 5 unspecified atom stereocenters. The highest BCUT2D eigenvalue weighted by Gasteiger charge is 2.38. The molecule has 164 valence electrons. The van der Waals surface area contributed by atoms with Gasteiger partial charge in [-0.05, 0) is 56.9 Å². The molecule has 1 aliphatic heterocycles. The predicted molar refractivity (Wildman–Crippen MR) is 108 cm³/mol. The number of nitrogens with one attached hydrogen (secondary N) is 3. The van der Waals surface area contributed by atoms with E-state index < -0.39 is 6.10 Å². The molecule has 0 spiro atoms. The van der Waals surface area contributed by atoms with Crippen molar-refractivity contribution in [1.82, 2.24) is 16.2 Å². The van der Waals surface area contributed by atoms with E-state index in [1.54, 1.807) is 6.92 Å². The lowest BCUT2D eigenvalue weighted by atomic mass is 9.69. The first-order valence-electron chi connectivity index (χ1n) is 10.3. The maximum Gasteiger partial charge on any atom is 0.323 e. The van der Waals surface area contributed by atoms with Crippen LogP contribution < -0.4 is 27.7 Å². The maximum atomic E-state index is 12.5. The lowest BCUT2D eigenvalue weighted by Crippen LogP contribution is -2.50. The highest BCUT2D eigenvalue weighted by Crippen LogP contribution is 2.40. The molecular weight excluding hydrogens is 376 g/mol. The number of piperidine rings is 1. The Bertz CT molecular complexity index is 599. The third kappa shape index (κ3) is 7.62. The van der Waals surface area contributed by atoms with Crippen molar-refractivity contribution in [1.29, 1.82) is 0 Å². The van der Waals surface area contributed by atoms with E-state index >= 15 is 0 Å². The van der Waals surface area contributed by atoms with Gasteiger partial charge < -0.3 is 25.9 Å². The normalized spacial score (nSPS) is 28.0. The molecule has 29 heavy (non-hydrogen) atoms. The van der Waals surface area contributed by atoms with Crippen molar-refractivity contribution in [3.8, 4) is 0 Å². The van der Waals surface area contributed by atoms with Gasteiger partial charge in [0.25, 0.3) is 0 Å². The summed E-state index contributed by atoms with van der Waals surface area (Å²) in [5, 5.41) is 9.55. The molecule has 0 aromatic rings. The largest absolute Gasteiger partial charge is 0.461 e. The van der Waals surface area contributed by atoms with Crippen LogP contribution in [0.2, 0.25) is 0 Å². The Kier molecular flexibility index (Phi) is 9.33. The van der Waals surface area contributed by atoms with E-state index in [1.165, 1.54) is 0 Å². The summed E-state index contributed by atoms with van der Waals surface area (Å²) in [5.41, 5.74) is 8.01. The van der Waals surface area contributed by atoms with Gasteiger partial charge in [-0.15, -0.1) is 0 Å². The third-order valence-corrected chi connectivity index (χ3v) is 5.89. The molecule has 1 heterocycles. The fourth-order valence-corrected chi connectivity index (χ4v) is 4.40. The molecule has 1 saturated carbocycles. The minimum absolute atomic E-state index is 0.0336. The Morgan fingerprint density at radius 2 is 2.10 bits per heavy atom. The minimum Gasteiger partial charge on any atom is -0.461 e. The average molecular weight is 411 g/mol. The number of ether oxygens (including phenoxy) is 1. The Morgan fingerprint density at radius 1 is 1.31 bits per heavy atom. The molecule has 1 amide bonds. The van der Waals surface area contributed by atoms with Gasteiger partial charge in [-0.2, -0.15) is 5.10 Å². The van der Waals surface area contributed by atoms with Crippen molar-refractivity contribution in [3.63, 3.8) is 0 Å². The van der Waals surface area contributed by atoms with Crippen LogP contribution in [-0.2, 0) is 19.1 Å². The van der Waals surface area contributed by atoms with E-state index in [1.807, 2.05) is 0 Å². The van der Waals surface area contributed by atoms with Gasteiger partial charge in [0.1, 0.15) is 24.3 Å². The van der Waals surface area contributed by atoms with Crippen LogP contribution in [-0.4, -0.2) is 49.2 Å². The smallest absolute Gasteiger partial charge is 0.323 e. The van der Waals surface area contributed by atoms with E-state index in [9.17, 15) is 14.4 Å². The van der Waals surface area contributed by atoms with Crippen molar-refractivity contribution in [2.45, 2.75) is 64.0 Å². The summed E-state index contributed by atoms with van der Waals surface area (Å²) in [6.07, 6.45) is 5.92. The molecule has 2 fully saturated rings. The maximum absolute atomic E-state index is 12.5. The van der Waals surface area contributed by atoms with Gasteiger partial charge in [0.15, 0.2) is 0 Å². The number of rotatable bonds is 10. The number of nitrogens with zero attached hydrogens (tertiary/aromatic N) is 1. The molecule has 1 aliphatic carbocycles. The number of esters is 1. The number of nitrogens with two attached hydrogens (primary N) is 2. The number of carbonyl (C=O) groups is 3. The van der Waals surface area contributed by atoms with Gasteiger partial charge in [0.2, 0.25) is 5.91 Å². The van der Waals surface area contributed by atoms with Crippen LogP contribution >= 0.6 is 0 Å². The Labute approximate surface area is 171 Å². The summed E-state index contributed by atoms with van der Waals surface area (Å²) in [6.45, 7) is 2.46. The first-order valence-corrected chi connectivity index (χ1v) is 10.3. The van der Waals surface area contributed by atoms with Crippen LogP contribution in [0.4, 0.5) is 0 Å². The van der Waals surface area contributed by atoms with E-state index in [2.05, 4.69) is 21.3 Å². The summed E-state index contributed by atoms with van der Waals surface area (Å²) < 4.78 is 5.45. The fraction of sp³-hybridized carbons (Fsp3) is 0.789. The van der Waals surface area contributed by atoms with Crippen molar-refractivity contribution < 1.29 is 19.1 Å². The number of amides is 1. The summed E-state index contributed by atoms with van der Waals surface area (Å²) in [4.78, 5) is 34.5. The number of aldehydes is 1. The number of carbonyl (C=O) groups excluding carboxylic acids is 3. The van der Waals surface area contributed by atoms with E-state index in [0.717, 1.165) is 38.6 Å². The molecule has 0 bridgehead atoms. The molecular formula is C19H34N6O4. The number of hydrazone groups is 1. The number of hydrazine groups is 1. The molecule has 10 heteroatoms. The standard InChI is InChI=1S/C19H34N6O4/c1-12(8-18(27)22-6-7-26)29-19(28)16-10-15-9-13(2-4-14(15)11-23-16)3-5-17(20)24-25-21/h7,12-16,23,25H,2-6,8-11,21H2,1H3,(H2,20,24)(H,22,27). The van der Waals surface area contributed by atoms with Crippen LogP contribution in [0.1, 0.15) is 51.9 Å². The first kappa shape index (κ1) is 23.1. The van der Waals surface area contributed by atoms with Gasteiger partial charge in [-0.3, -0.25) is 9.59 Å². The second-order valence-electron chi connectivity index (χ2n) is 8.09. The van der Waals surface area contributed by atoms with E-state index in [-0.39, 0.29) is 30.9 Å². The zero-order valence-electron chi connectivity index (χ0n) is 17.1. The Hall–Kier alpha value is -2.20. The molecule has 1 saturated heterocycles. The van der Waals surface area contributed by atoms with Crippen molar-refractivity contribution in [2.75, 3.05) is 13.1 Å². The number of fused-ring (bicyclic) bond motifs is 1. The molecule has 2 rings (SSSR count). The van der Waals surface area contributed by atoms with E-state index in [0.29, 0.717) is 36.3 Å². The summed E-state index contributed by atoms with van der Waals surface area (Å²) >= 11 is 0. The van der Waals surface area contributed by atoms with Crippen molar-refractivity contribution >= 4 is 24.0 Å². The van der Waals surface area contributed by atoms with Crippen molar-refractivity contribution in [3.05, 3.63) is 0 Å². The van der Waals surface area contributed by atoms with E-state index in [4.69, 9.17) is 16.3 Å². The van der Waals surface area contributed by atoms with Crippen LogP contribution in [0.5, 0.6) is 0 Å². The molecule has 0 aromatic heterocycles. The molecule has 0 radical (unpaired) electrons. The molecule has 2 aliphatic rings. The van der Waals surface area contributed by atoms with Crippen LogP contribution in [0.25, 0.3) is 0 Å². The van der Waals surface area contributed by atoms with Crippen LogP contribution in [0, 0.1) is 17.8 Å². The monoisotopic (exact) mass is 410 g/mol. The lowest BCUT2D eigenvalue weighted by molar-refractivity contribution is -0.153. The lowest BCUT2D eigenvalue weighted by Gasteiger charge is -2.42. The number of hydrogen-bond donors (Lipinski definition) is 5. The molecule has 7 N–H and O–H groups in total. The third-order valence-electron chi connectivity index (χ3n) is 5.89. The number of amidine groups is 1. The highest BCUT2D eigenvalue weighted by molar-refractivity contribution is 5.80. The van der Waals surface area contributed by atoms with Gasteiger partial charge in [-0.1, -0.05) is 6.42 Å². The second-order valence-corrected chi connectivity index (χ2v) is 8.09. The van der Waals surface area contributed by atoms with Gasteiger partial charge in [0, 0.05) is 6.42 Å². The quantitative estimate of drug-likeness (QED) is 0.0807. The SMILES string of the molecule is CC(CC(=O)NCC=O)OC(=O)C1CC2CC(CC/C(N)=N/NN)CCC2CN1. The van der Waals surface area contributed by atoms with Gasteiger partial charge in [-0.25, -0.2) is 11.4 Å². The van der Waals surface area contributed by atoms with Gasteiger partial charge >= 0.3 is 5.97 Å². The zero-order valence-corrected chi connectivity index (χ0v) is 17.1. The summed E-state index contributed by atoms with van der Waals surface area (Å²) in [6, 6.07) is -0.344. The average Bonchev–Trinajstić information content (AvgIpc) is 2.70. The predicted octanol–water partition coefficient (Wildman–Crippen LogP) is -0.467. The zero-order chi connectivity index (χ0) is 21.2. The topological polar surface area (TPSA) is 161 Å². The molecule has 5 atom stereocenters. The van der Waals surface area contributed by atoms with Crippen LogP contribution in [0.15, 0.2) is 5.10 Å². The van der Waals surface area contributed by atoms with Crippen LogP contribution in [0.3, 0.4) is 0 Å². The van der Waals surface area contributed by atoms with Crippen molar-refractivity contribution in [2.24, 2.45) is 34.4 Å². The number of hydrogen-bond acceptors (Lipinski definition) is 8. The Morgan fingerprint density at radius 3 is 2.83 bits per heavy atom. The molecule has 10 nitrogen and oxygen atoms in total. The first-order chi connectivity index (χ1) is 13.9. The van der Waals surface area contributed by atoms with Gasteiger partial charge in [0.05, 0.1) is 13.0 Å². The summed E-state index contributed by atoms with van der Waals surface area (Å²) in [7, 11) is 0. The molecule has 0 aromatic carbocycles. The fourth-order valence-electron chi connectivity index (χ4n) is 4.40. The minimum atomic E-state index is -0.536. The Balaban J connectivity index is 1.78. The summed E-state index contributed by atoms with van der Waals surface area (Å²) in [5.74, 6) is 6.66. The highest BCUT2D eigenvalue weighted by atomic mass is 16.5.